The van der Waals surface area contributed by atoms with Gasteiger partial charge in [0.2, 0.25) is 5.91 Å². The quantitative estimate of drug-likeness (QED) is 0.861. The third kappa shape index (κ3) is 4.87. The molecule has 3 nitrogen and oxygen atoms in total. The van der Waals surface area contributed by atoms with Crippen molar-refractivity contribution in [3.8, 4) is 0 Å². The number of halogens is 3. The van der Waals surface area contributed by atoms with Crippen molar-refractivity contribution in [1.29, 1.82) is 0 Å². The van der Waals surface area contributed by atoms with Crippen LogP contribution in [0, 0.1) is 11.6 Å². The summed E-state index contributed by atoms with van der Waals surface area (Å²) in [5.41, 5.74) is -0.146. The standard InChI is InChI=1S/C14H13BrF2N2OS/c1-19(7-10-3-5-13(15)21-10)8-14(20)18-12-6-9(16)2-4-11(12)17/h2-6H,7-8H2,1H3,(H,18,20). The number of nitrogens with one attached hydrogen (secondary N) is 1. The largest absolute Gasteiger partial charge is 0.322 e. The van der Waals surface area contributed by atoms with Gasteiger partial charge < -0.3 is 5.32 Å². The van der Waals surface area contributed by atoms with Gasteiger partial charge in [-0.2, -0.15) is 0 Å². The van der Waals surface area contributed by atoms with Gasteiger partial charge in [0.1, 0.15) is 11.6 Å². The maximum Gasteiger partial charge on any atom is 0.238 e. The van der Waals surface area contributed by atoms with Gasteiger partial charge in [-0.3, -0.25) is 9.69 Å². The lowest BCUT2D eigenvalue weighted by atomic mass is 10.3. The van der Waals surface area contributed by atoms with Crippen molar-refractivity contribution >= 4 is 38.9 Å². The molecule has 0 spiro atoms. The molecule has 0 saturated carbocycles. The number of thiophene rings is 1. The number of hydrogen-bond acceptors (Lipinski definition) is 3. The molecule has 21 heavy (non-hydrogen) atoms. The van der Waals surface area contributed by atoms with Gasteiger partial charge >= 0.3 is 0 Å². The Morgan fingerprint density at radius 3 is 2.76 bits per heavy atom. The van der Waals surface area contributed by atoms with Crippen LogP contribution in [-0.4, -0.2) is 24.4 Å². The number of hydrogen-bond donors (Lipinski definition) is 1. The molecule has 1 aromatic heterocycles. The van der Waals surface area contributed by atoms with Crippen LogP contribution in [0.5, 0.6) is 0 Å². The van der Waals surface area contributed by atoms with E-state index in [1.807, 2.05) is 12.1 Å². The first-order valence-corrected chi connectivity index (χ1v) is 7.72. The Balaban J connectivity index is 1.90. The minimum Gasteiger partial charge on any atom is -0.322 e. The average molecular weight is 375 g/mol. The molecule has 1 aromatic carbocycles. The summed E-state index contributed by atoms with van der Waals surface area (Å²) in [7, 11) is 1.79. The second-order valence-electron chi connectivity index (χ2n) is 4.55. The Bertz CT molecular complexity index is 648. The number of amides is 1. The van der Waals surface area contributed by atoms with Gasteiger partial charge in [-0.25, -0.2) is 8.78 Å². The van der Waals surface area contributed by atoms with E-state index in [0.29, 0.717) is 6.54 Å². The second-order valence-corrected chi connectivity index (χ2v) is 7.10. The first kappa shape index (κ1) is 16.1. The fourth-order valence-corrected chi connectivity index (χ4v) is 3.35. The molecule has 1 heterocycles. The van der Waals surface area contributed by atoms with Crippen molar-refractivity contribution in [2.75, 3.05) is 18.9 Å². The van der Waals surface area contributed by atoms with Crippen LogP contribution in [0.2, 0.25) is 0 Å². The number of rotatable bonds is 5. The van der Waals surface area contributed by atoms with Crippen LogP contribution in [0.15, 0.2) is 34.1 Å². The number of carbonyl (C=O) groups is 1. The van der Waals surface area contributed by atoms with Crippen molar-refractivity contribution in [3.63, 3.8) is 0 Å². The molecule has 0 aliphatic heterocycles. The lowest BCUT2D eigenvalue weighted by Crippen LogP contribution is -2.29. The molecule has 0 saturated heterocycles. The molecule has 0 bridgehead atoms. The molecule has 0 radical (unpaired) electrons. The van der Waals surface area contributed by atoms with Gasteiger partial charge in [-0.15, -0.1) is 11.3 Å². The Morgan fingerprint density at radius 2 is 2.10 bits per heavy atom. The Labute approximate surface area is 133 Å². The molecule has 0 aliphatic carbocycles. The number of benzene rings is 1. The van der Waals surface area contributed by atoms with Crippen LogP contribution in [0.4, 0.5) is 14.5 Å². The summed E-state index contributed by atoms with van der Waals surface area (Å²) < 4.78 is 27.5. The Morgan fingerprint density at radius 1 is 1.33 bits per heavy atom. The maximum absolute atomic E-state index is 13.4. The van der Waals surface area contributed by atoms with Crippen LogP contribution in [-0.2, 0) is 11.3 Å². The summed E-state index contributed by atoms with van der Waals surface area (Å²) >= 11 is 4.96. The number of carbonyl (C=O) groups excluding carboxylic acids is 1. The highest BCUT2D eigenvalue weighted by Crippen LogP contribution is 2.23. The first-order valence-electron chi connectivity index (χ1n) is 6.11. The smallest absolute Gasteiger partial charge is 0.238 e. The first-order chi connectivity index (χ1) is 9.94. The zero-order chi connectivity index (χ0) is 15.4. The number of anilines is 1. The zero-order valence-electron chi connectivity index (χ0n) is 11.2. The average Bonchev–Trinajstić information content (AvgIpc) is 2.79. The monoisotopic (exact) mass is 374 g/mol. The lowest BCUT2D eigenvalue weighted by molar-refractivity contribution is -0.117. The highest BCUT2D eigenvalue weighted by molar-refractivity contribution is 9.11. The van der Waals surface area contributed by atoms with Gasteiger partial charge in [0, 0.05) is 17.5 Å². The SMILES string of the molecule is CN(CC(=O)Nc1cc(F)ccc1F)Cc1ccc(Br)s1. The molecular formula is C14H13BrF2N2OS. The summed E-state index contributed by atoms with van der Waals surface area (Å²) in [5.74, 6) is -1.64. The fraction of sp³-hybridized carbons (Fsp3) is 0.214. The molecule has 1 N–H and O–H groups in total. The van der Waals surface area contributed by atoms with E-state index in [0.717, 1.165) is 26.9 Å². The van der Waals surface area contributed by atoms with E-state index in [9.17, 15) is 13.6 Å². The van der Waals surface area contributed by atoms with E-state index in [1.165, 1.54) is 0 Å². The third-order valence-corrected chi connectivity index (χ3v) is 4.28. The highest BCUT2D eigenvalue weighted by atomic mass is 79.9. The van der Waals surface area contributed by atoms with Crippen molar-refractivity contribution in [1.82, 2.24) is 4.90 Å². The summed E-state index contributed by atoms with van der Waals surface area (Å²) in [4.78, 5) is 14.7. The van der Waals surface area contributed by atoms with E-state index >= 15 is 0 Å². The van der Waals surface area contributed by atoms with E-state index in [-0.39, 0.29) is 12.2 Å². The van der Waals surface area contributed by atoms with E-state index in [1.54, 1.807) is 23.3 Å². The minimum absolute atomic E-state index is 0.0888. The number of likely N-dealkylation sites (N-methyl/N-ethyl adjacent to an activating group) is 1. The van der Waals surface area contributed by atoms with Crippen molar-refractivity contribution < 1.29 is 13.6 Å². The summed E-state index contributed by atoms with van der Waals surface area (Å²) in [6, 6.07) is 6.86. The van der Waals surface area contributed by atoms with Gasteiger partial charge in [-0.1, -0.05) is 0 Å². The molecule has 112 valence electrons. The normalized spacial score (nSPS) is 10.9. The van der Waals surface area contributed by atoms with Gasteiger partial charge in [0.25, 0.3) is 0 Å². The summed E-state index contributed by atoms with van der Waals surface area (Å²) in [6.45, 7) is 0.695. The lowest BCUT2D eigenvalue weighted by Gasteiger charge is -2.15. The van der Waals surface area contributed by atoms with Crippen LogP contribution in [0.1, 0.15) is 4.88 Å². The van der Waals surface area contributed by atoms with Crippen LogP contribution in [0.3, 0.4) is 0 Å². The zero-order valence-corrected chi connectivity index (χ0v) is 13.6. The van der Waals surface area contributed by atoms with E-state index < -0.39 is 17.5 Å². The Hall–Kier alpha value is -1.31. The van der Waals surface area contributed by atoms with Crippen LogP contribution >= 0.6 is 27.3 Å². The van der Waals surface area contributed by atoms with Gasteiger partial charge in [0.05, 0.1) is 16.0 Å². The van der Waals surface area contributed by atoms with Crippen LogP contribution in [0.25, 0.3) is 0 Å². The summed E-state index contributed by atoms with van der Waals surface area (Å²) in [5, 5.41) is 2.37. The number of nitrogens with zero attached hydrogens (tertiary/aromatic N) is 1. The molecule has 7 heteroatoms. The van der Waals surface area contributed by atoms with Gasteiger partial charge in [0.15, 0.2) is 0 Å². The van der Waals surface area contributed by atoms with E-state index in [2.05, 4.69) is 21.2 Å². The minimum atomic E-state index is -0.658. The predicted octanol–water partition coefficient (Wildman–Crippen LogP) is 3.86. The molecule has 0 atom stereocenters. The Kier molecular flexibility index (Phi) is 5.44. The molecule has 0 fully saturated rings. The van der Waals surface area contributed by atoms with Gasteiger partial charge in [-0.05, 0) is 47.2 Å². The summed E-state index contributed by atoms with van der Waals surface area (Å²) in [6.07, 6.45) is 0. The topological polar surface area (TPSA) is 32.3 Å². The van der Waals surface area contributed by atoms with Crippen LogP contribution < -0.4 is 5.32 Å². The predicted molar refractivity (Wildman–Crippen MR) is 83.3 cm³/mol. The van der Waals surface area contributed by atoms with E-state index in [4.69, 9.17) is 0 Å². The molecule has 1 amide bonds. The molecule has 2 rings (SSSR count). The molecule has 2 aromatic rings. The van der Waals surface area contributed by atoms with Crippen molar-refractivity contribution in [3.05, 3.63) is 50.6 Å². The molecule has 0 unspecified atom stereocenters. The highest BCUT2D eigenvalue weighted by Gasteiger charge is 2.11. The third-order valence-electron chi connectivity index (χ3n) is 2.67. The molecule has 0 aliphatic rings. The maximum atomic E-state index is 13.4. The second kappa shape index (κ2) is 7.11. The van der Waals surface area contributed by atoms with Crippen molar-refractivity contribution in [2.24, 2.45) is 0 Å². The molecular weight excluding hydrogens is 362 g/mol. The fourth-order valence-electron chi connectivity index (χ4n) is 1.79. The van der Waals surface area contributed by atoms with Crippen molar-refractivity contribution in [2.45, 2.75) is 6.54 Å².